The van der Waals surface area contributed by atoms with Gasteiger partial charge in [0.2, 0.25) is 0 Å². The molecule has 11 rings (SSSR count). The van der Waals surface area contributed by atoms with E-state index in [9.17, 15) is 12.3 Å². The lowest BCUT2D eigenvalue weighted by molar-refractivity contribution is 0.444. The fourth-order valence-corrected chi connectivity index (χ4v) is 13.9. The quantitative estimate of drug-likeness (QED) is 0.113. The number of rotatable bonds is 7. The van der Waals surface area contributed by atoms with Crippen LogP contribution < -0.4 is 20.7 Å². The number of hydrogen-bond donors (Lipinski definition) is 0. The summed E-state index contributed by atoms with van der Waals surface area (Å²) in [7, 11) is -3.20. The molecule has 0 atom stereocenters. The summed E-state index contributed by atoms with van der Waals surface area (Å²) < 4.78 is 134. The van der Waals surface area contributed by atoms with Gasteiger partial charge in [-0.05, 0) is 93.5 Å². The average molecular weight is 763 g/mol. The predicted molar refractivity (Wildman–Crippen MR) is 245 cm³/mol. The van der Waals surface area contributed by atoms with E-state index in [0.29, 0.717) is 18.5 Å². The lowest BCUT2D eigenvalue weighted by Crippen LogP contribution is -2.74. The van der Waals surface area contributed by atoms with E-state index in [-0.39, 0.29) is 78.9 Å². The SMILES string of the molecule is [2H]c1c([2H])c([2H])c2c(c1[2H])c1c([2H])c(-n3c4c([2H])c([2H])c([2H])c([2H])c4c4c([2H])c([2H])c(C5CCCCC5)c([2H])c43)c([2H])c([2H])c1n2-c1cccc([Si](c2ccccc2)(c2ccccc2)c2ccccc2)c1. The van der Waals surface area contributed by atoms with Crippen molar-refractivity contribution in [2.75, 3.05) is 0 Å². The first-order valence-corrected chi connectivity index (χ1v) is 21.5. The smallest absolute Gasteiger partial charge is 0.179 e. The number of para-hydroxylation sites is 2. The van der Waals surface area contributed by atoms with Gasteiger partial charge in [-0.25, -0.2) is 0 Å². The minimum absolute atomic E-state index is 0.0368. The second-order valence-electron chi connectivity index (χ2n) is 14.8. The number of aromatic nitrogens is 2. The van der Waals surface area contributed by atoms with Crippen molar-refractivity contribution in [1.82, 2.24) is 9.13 Å². The van der Waals surface area contributed by atoms with E-state index in [2.05, 4.69) is 36.4 Å². The largest absolute Gasteiger partial charge is 0.309 e. The molecular formula is C54H44N2Si. The molecule has 2 aromatic heterocycles. The topological polar surface area (TPSA) is 9.86 Å². The highest BCUT2D eigenvalue weighted by Gasteiger charge is 2.41. The van der Waals surface area contributed by atoms with Gasteiger partial charge in [-0.1, -0.05) is 171 Å². The summed E-state index contributed by atoms with van der Waals surface area (Å²) in [5.41, 5.74) is -0.111. The molecule has 0 aliphatic heterocycles. The third-order valence-electron chi connectivity index (χ3n) is 11.7. The van der Waals surface area contributed by atoms with Gasteiger partial charge in [-0.3, -0.25) is 0 Å². The molecule has 2 nitrogen and oxygen atoms in total. The van der Waals surface area contributed by atoms with Crippen molar-refractivity contribution in [3.8, 4) is 11.4 Å². The van der Waals surface area contributed by atoms with Crippen molar-refractivity contribution < 1.29 is 19.2 Å². The van der Waals surface area contributed by atoms with Gasteiger partial charge in [0, 0.05) is 32.9 Å². The molecule has 57 heavy (non-hydrogen) atoms. The maximum atomic E-state index is 10.2. The van der Waals surface area contributed by atoms with Gasteiger partial charge in [0.05, 0.1) is 41.3 Å². The number of nitrogens with zero attached hydrogens (tertiary/aromatic N) is 2. The maximum absolute atomic E-state index is 10.2. The Morgan fingerprint density at radius 3 is 1.58 bits per heavy atom. The molecule has 1 fully saturated rings. The third kappa shape index (κ3) is 5.44. The Kier molecular flexibility index (Phi) is 5.47. The zero-order valence-electron chi connectivity index (χ0n) is 45.0. The molecule has 8 aromatic carbocycles. The molecule has 3 heteroatoms. The predicted octanol–water partition coefficient (Wildman–Crippen LogP) is 11.3. The first kappa shape index (κ1) is 22.4. The second-order valence-corrected chi connectivity index (χ2v) is 18.6. The van der Waals surface area contributed by atoms with Crippen molar-refractivity contribution in [3.05, 3.63) is 205 Å². The normalized spacial score (nSPS) is 17.3. The monoisotopic (exact) mass is 762 g/mol. The van der Waals surface area contributed by atoms with Gasteiger partial charge in [0.25, 0.3) is 0 Å². The van der Waals surface area contributed by atoms with Crippen LogP contribution >= 0.6 is 0 Å². The summed E-state index contributed by atoms with van der Waals surface area (Å²) in [6.07, 6.45) is 3.97. The number of fused-ring (bicyclic) bond motifs is 6. The van der Waals surface area contributed by atoms with Gasteiger partial charge < -0.3 is 9.13 Å². The van der Waals surface area contributed by atoms with E-state index in [1.807, 2.05) is 72.8 Å². The van der Waals surface area contributed by atoms with Crippen LogP contribution in [0.25, 0.3) is 55.0 Å². The lowest BCUT2D eigenvalue weighted by Gasteiger charge is -2.34. The Balaban J connectivity index is 1.30. The summed E-state index contributed by atoms with van der Waals surface area (Å²) in [6, 6.07) is 31.5. The Morgan fingerprint density at radius 2 is 0.947 bits per heavy atom. The summed E-state index contributed by atoms with van der Waals surface area (Å²) in [5, 5.41) is 3.65. The van der Waals surface area contributed by atoms with Crippen LogP contribution in [-0.4, -0.2) is 17.2 Å². The zero-order valence-corrected chi connectivity index (χ0v) is 32.0. The molecule has 0 unspecified atom stereocenters. The molecule has 0 radical (unpaired) electrons. The molecular weight excluding hydrogens is 705 g/mol. The molecule has 0 N–H and O–H groups in total. The maximum Gasteiger partial charge on any atom is 0.179 e. The van der Waals surface area contributed by atoms with Crippen molar-refractivity contribution in [2.24, 2.45) is 0 Å². The molecule has 0 amide bonds. The van der Waals surface area contributed by atoms with Crippen LogP contribution in [0.5, 0.6) is 0 Å². The van der Waals surface area contributed by atoms with Crippen LogP contribution in [0.1, 0.15) is 62.8 Å². The van der Waals surface area contributed by atoms with E-state index in [1.54, 1.807) is 6.07 Å². The molecule has 0 saturated heterocycles. The van der Waals surface area contributed by atoms with Crippen LogP contribution in [0, 0.1) is 0 Å². The fourth-order valence-electron chi connectivity index (χ4n) is 9.16. The molecule has 1 aliphatic carbocycles. The van der Waals surface area contributed by atoms with Crippen LogP contribution in [-0.2, 0) is 0 Å². The van der Waals surface area contributed by atoms with Crippen LogP contribution in [0.15, 0.2) is 200 Å². The number of hydrogen-bond acceptors (Lipinski definition) is 0. The first-order chi connectivity index (χ1) is 34.1. The highest BCUT2D eigenvalue weighted by atomic mass is 28.3. The van der Waals surface area contributed by atoms with Crippen LogP contribution in [0.4, 0.5) is 0 Å². The Hall–Kier alpha value is -6.42. The summed E-state index contributed by atoms with van der Waals surface area (Å²) in [6.45, 7) is 0. The van der Waals surface area contributed by atoms with Crippen LogP contribution in [0.2, 0.25) is 0 Å². The Bertz CT molecular complexity index is 3750. The highest BCUT2D eigenvalue weighted by Crippen LogP contribution is 2.39. The zero-order chi connectivity index (χ0) is 49.9. The molecule has 0 spiro atoms. The van der Waals surface area contributed by atoms with E-state index in [0.717, 1.165) is 40.0 Å². The summed E-state index contributed by atoms with van der Waals surface area (Å²) in [5.74, 6) is -0.273. The van der Waals surface area contributed by atoms with E-state index < -0.39 is 74.5 Å². The summed E-state index contributed by atoms with van der Waals surface area (Å²) >= 11 is 0. The lowest BCUT2D eigenvalue weighted by atomic mass is 9.84. The average Bonchev–Trinajstić information content (AvgIpc) is 3.95. The third-order valence-corrected chi connectivity index (χ3v) is 16.5. The summed E-state index contributed by atoms with van der Waals surface area (Å²) in [4.78, 5) is 0. The van der Waals surface area contributed by atoms with Gasteiger partial charge in [-0.15, -0.1) is 0 Å². The minimum Gasteiger partial charge on any atom is -0.309 e. The van der Waals surface area contributed by atoms with Crippen molar-refractivity contribution in [3.63, 3.8) is 0 Å². The van der Waals surface area contributed by atoms with Gasteiger partial charge in [0.1, 0.15) is 0 Å². The van der Waals surface area contributed by atoms with Crippen molar-refractivity contribution in [1.29, 1.82) is 0 Å². The number of benzene rings is 8. The molecule has 0 bridgehead atoms. The van der Waals surface area contributed by atoms with E-state index in [4.69, 9.17) is 6.85 Å². The van der Waals surface area contributed by atoms with Crippen LogP contribution in [0.3, 0.4) is 0 Å². The molecule has 10 aromatic rings. The molecule has 1 aliphatic rings. The standard InChI is InChI=1S/C54H44N2Si/c1-5-18-39(19-6-1)40-32-34-49-47-28-13-15-30-51(47)56(54(49)36-40)42-33-35-53-50(38-42)48-29-14-16-31-52(48)55(53)41-20-17-27-46(37-41)57(43-21-7-2-8-22-43,44-23-9-3-10-24-44)45-25-11-4-12-26-45/h2-4,7-17,20-39H,1,5-6,18-19H2/i13D,14D,15D,16D,28D,29D,30D,31D,32D,33D,34D,35D,36D,38D. The van der Waals surface area contributed by atoms with E-state index in [1.165, 1.54) is 9.13 Å². The highest BCUT2D eigenvalue weighted by molar-refractivity contribution is 7.19. The van der Waals surface area contributed by atoms with Gasteiger partial charge >= 0.3 is 0 Å². The van der Waals surface area contributed by atoms with E-state index >= 15 is 0 Å². The minimum atomic E-state index is -3.20. The Labute approximate surface area is 355 Å². The van der Waals surface area contributed by atoms with Gasteiger partial charge in [-0.2, -0.15) is 0 Å². The van der Waals surface area contributed by atoms with Crippen molar-refractivity contribution >= 4 is 72.4 Å². The first-order valence-electron chi connectivity index (χ1n) is 26.5. The fraction of sp³-hybridized carbons (Fsp3) is 0.111. The van der Waals surface area contributed by atoms with Crippen molar-refractivity contribution in [2.45, 2.75) is 38.0 Å². The molecule has 2 heterocycles. The van der Waals surface area contributed by atoms with Gasteiger partial charge in [0.15, 0.2) is 8.07 Å². The molecule has 274 valence electrons. The molecule has 1 saturated carbocycles. The Morgan fingerprint density at radius 1 is 0.421 bits per heavy atom. The second kappa shape index (κ2) is 13.9.